The molecule has 0 aromatic heterocycles. The third-order valence-electron chi connectivity index (χ3n) is 26.4. The molecule has 6 aliphatic carbocycles. The van der Waals surface area contributed by atoms with E-state index in [0.29, 0.717) is 108 Å². The normalized spacial score (nSPS) is 17.8. The van der Waals surface area contributed by atoms with E-state index in [2.05, 4.69) is 41.5 Å². The molecule has 660 valence electrons. The van der Waals surface area contributed by atoms with Crippen LogP contribution in [-0.4, -0.2) is 71.7 Å². The summed E-state index contributed by atoms with van der Waals surface area (Å²) in [5.41, 5.74) is 4.14. The number of anilines is 6. The van der Waals surface area contributed by atoms with Crippen LogP contribution in [0.15, 0.2) is 146 Å². The Balaban J connectivity index is 0.000000198. The Kier molecular flexibility index (Phi) is 43.0. The molecule has 0 aliphatic heterocycles. The Morgan fingerprint density at radius 1 is 0.225 bits per heavy atom. The lowest BCUT2D eigenvalue weighted by atomic mass is 9.83. The average molecular weight is 1660 g/mol. The summed E-state index contributed by atoms with van der Waals surface area (Å²) in [5.74, 6) is 1.94. The monoisotopic (exact) mass is 1660 g/mol. The van der Waals surface area contributed by atoms with Crippen molar-refractivity contribution in [1.29, 1.82) is 0 Å². The lowest BCUT2D eigenvalue weighted by Crippen LogP contribution is -2.43. The molecule has 6 amide bonds. The van der Waals surface area contributed by atoms with Crippen molar-refractivity contribution in [3.63, 3.8) is 0 Å². The number of rotatable bonds is 24. The van der Waals surface area contributed by atoms with Gasteiger partial charge in [0.2, 0.25) is 35.4 Å². The van der Waals surface area contributed by atoms with Crippen molar-refractivity contribution >= 4 is 69.6 Å². The topological polar surface area (TPSA) is 122 Å². The highest BCUT2D eigenvalue weighted by Gasteiger charge is 2.36. The van der Waals surface area contributed by atoms with Crippen LogP contribution in [0.3, 0.4) is 0 Å². The Bertz CT molecular complexity index is 3390. The quantitative estimate of drug-likeness (QED) is 0.0556. The molecule has 0 saturated heterocycles. The number of hydrogen-bond acceptors (Lipinski definition) is 6. The summed E-state index contributed by atoms with van der Waals surface area (Å²) in [4.78, 5) is 84.7. The van der Waals surface area contributed by atoms with E-state index in [-0.39, 0.29) is 107 Å². The molecule has 0 heterocycles. The minimum atomic E-state index is -0.285. The van der Waals surface area contributed by atoms with E-state index in [9.17, 15) is 55.1 Å². The lowest BCUT2D eigenvalue weighted by molar-refractivity contribution is -0.119. The number of halogens is 6. The van der Waals surface area contributed by atoms with Gasteiger partial charge >= 0.3 is 0 Å². The van der Waals surface area contributed by atoms with Crippen LogP contribution in [0.25, 0.3) is 0 Å². The minimum absolute atomic E-state index is 0.0775. The zero-order chi connectivity index (χ0) is 87.2. The zero-order valence-electron chi connectivity index (χ0n) is 74.6. The molecule has 6 aromatic carbocycles. The Morgan fingerprint density at radius 3 is 0.442 bits per heavy atom. The maximum absolute atomic E-state index is 13.5. The van der Waals surface area contributed by atoms with Crippen LogP contribution in [0.4, 0.5) is 60.5 Å². The molecule has 0 N–H and O–H groups in total. The van der Waals surface area contributed by atoms with Gasteiger partial charge in [0, 0.05) is 109 Å². The van der Waals surface area contributed by atoms with Crippen molar-refractivity contribution in [2.45, 2.75) is 350 Å². The zero-order valence-corrected chi connectivity index (χ0v) is 74.6. The molecule has 18 heteroatoms. The fourth-order valence-corrected chi connectivity index (χ4v) is 19.4. The molecule has 6 unspecified atom stereocenters. The van der Waals surface area contributed by atoms with Crippen molar-refractivity contribution in [2.24, 2.45) is 35.5 Å². The fourth-order valence-electron chi connectivity index (χ4n) is 19.4. The number of carbonyl (C=O) groups is 6. The van der Waals surface area contributed by atoms with Gasteiger partial charge in [-0.2, -0.15) is 0 Å². The number of amides is 6. The maximum Gasteiger partial charge on any atom is 0.226 e. The molecular weight excluding hydrogens is 1520 g/mol. The van der Waals surface area contributed by atoms with Crippen LogP contribution in [0, 0.1) is 70.4 Å². The van der Waals surface area contributed by atoms with Gasteiger partial charge in [-0.25, -0.2) is 26.3 Å². The van der Waals surface area contributed by atoms with Crippen molar-refractivity contribution in [2.75, 3.05) is 29.4 Å². The van der Waals surface area contributed by atoms with E-state index in [1.807, 2.05) is 77.9 Å². The Labute approximate surface area is 716 Å². The molecule has 0 bridgehead atoms. The molecule has 120 heavy (non-hydrogen) atoms. The first-order valence-corrected chi connectivity index (χ1v) is 46.2. The van der Waals surface area contributed by atoms with Gasteiger partial charge in [0.15, 0.2) is 0 Å². The predicted octanol–water partition coefficient (Wildman–Crippen LogP) is 27.2. The molecule has 12 nitrogen and oxygen atoms in total. The molecule has 6 aromatic rings. The third-order valence-corrected chi connectivity index (χ3v) is 26.4. The van der Waals surface area contributed by atoms with Gasteiger partial charge in [-0.05, 0) is 263 Å². The summed E-state index contributed by atoms with van der Waals surface area (Å²) >= 11 is 0. The van der Waals surface area contributed by atoms with Gasteiger partial charge in [0.05, 0.1) is 0 Å². The van der Waals surface area contributed by atoms with Gasteiger partial charge < -0.3 is 29.4 Å². The summed E-state index contributed by atoms with van der Waals surface area (Å²) in [5, 5.41) is 0. The lowest BCUT2D eigenvalue weighted by Gasteiger charge is -2.36. The number of carbonyl (C=O) groups excluding carboxylic acids is 6. The Morgan fingerprint density at radius 2 is 0.342 bits per heavy atom. The van der Waals surface area contributed by atoms with Crippen molar-refractivity contribution < 1.29 is 55.1 Å². The van der Waals surface area contributed by atoms with Crippen molar-refractivity contribution in [3.05, 3.63) is 180 Å². The molecule has 0 radical (unpaired) electrons. The second-order valence-electron chi connectivity index (χ2n) is 34.4. The molecule has 12 rings (SSSR count). The van der Waals surface area contributed by atoms with Crippen molar-refractivity contribution in [1.82, 2.24) is 0 Å². The molecule has 6 saturated carbocycles. The fraction of sp³-hybridized carbons (Fsp3) is 0.588. The summed E-state index contributed by atoms with van der Waals surface area (Å²) in [6.07, 6.45) is 39.4. The number of nitrogens with zero attached hydrogens (tertiary/aromatic N) is 6. The first kappa shape index (κ1) is 98.8. The average Bonchev–Trinajstić information content (AvgIpc) is 0.851. The van der Waals surface area contributed by atoms with Crippen LogP contribution in [0.2, 0.25) is 0 Å². The molecule has 6 aliphatic rings. The van der Waals surface area contributed by atoms with E-state index in [1.54, 1.807) is 65.8 Å². The van der Waals surface area contributed by atoms with Crippen LogP contribution < -0.4 is 29.4 Å². The third kappa shape index (κ3) is 30.1. The highest BCUT2D eigenvalue weighted by Crippen LogP contribution is 2.39. The highest BCUT2D eigenvalue weighted by atomic mass is 19.1. The maximum atomic E-state index is 13.5. The number of benzene rings is 6. The first-order valence-electron chi connectivity index (χ1n) is 46.2. The predicted molar refractivity (Wildman–Crippen MR) is 481 cm³/mol. The summed E-state index contributed by atoms with van der Waals surface area (Å²) in [6, 6.07) is 39.2. The van der Waals surface area contributed by atoms with E-state index in [1.165, 1.54) is 265 Å². The largest absolute Gasteiger partial charge is 0.309 e. The minimum Gasteiger partial charge on any atom is -0.309 e. The van der Waals surface area contributed by atoms with E-state index < -0.39 is 0 Å². The smallest absolute Gasteiger partial charge is 0.226 e. The highest BCUT2D eigenvalue weighted by molar-refractivity contribution is 5.97. The van der Waals surface area contributed by atoms with E-state index in [4.69, 9.17) is 0 Å². The molecular formula is C102H144F6N6O6. The second-order valence-corrected chi connectivity index (χ2v) is 34.4. The van der Waals surface area contributed by atoms with Gasteiger partial charge in [-0.1, -0.05) is 194 Å². The van der Waals surface area contributed by atoms with Crippen LogP contribution in [0.5, 0.6) is 0 Å². The van der Waals surface area contributed by atoms with Gasteiger partial charge in [0.25, 0.3) is 0 Å². The van der Waals surface area contributed by atoms with Gasteiger partial charge in [-0.3, -0.25) is 28.8 Å². The second kappa shape index (κ2) is 52.2. The molecule has 0 spiro atoms. The van der Waals surface area contributed by atoms with Crippen molar-refractivity contribution in [3.8, 4) is 0 Å². The number of hydrogen-bond donors (Lipinski definition) is 0. The Hall–Kier alpha value is -8.28. The van der Waals surface area contributed by atoms with Crippen LogP contribution in [0.1, 0.15) is 314 Å². The van der Waals surface area contributed by atoms with Gasteiger partial charge in [-0.15, -0.1) is 0 Å². The summed E-state index contributed by atoms with van der Waals surface area (Å²) in [7, 11) is 0. The first-order chi connectivity index (χ1) is 57.8. The standard InChI is InChI=1S/6C17H24FNO/c6*1-3-17(20)19(16-11-7-10-15(18)12-16)13(2)14-8-5-4-6-9-14/h6*7,10-14H,3-6,8-9H2,1-2H3. The SMILES string of the molecule is CCC(=O)N(c1cccc(F)c1)C(C)C1CCCCC1.CCC(=O)N(c1cccc(F)c1)C(C)C1CCCCC1.CCC(=O)N(c1cccc(F)c1)C(C)C1CCCCC1.CCC(=O)N(c1cccc(F)c1)C(C)C1CCCCC1.CCC(=O)N(c1cccc(F)c1)C(C)C1CCCCC1.CCC(=O)N(c1cccc(F)c1)C(C)C1CCCCC1. The van der Waals surface area contributed by atoms with Gasteiger partial charge in [0.1, 0.15) is 34.9 Å². The molecule has 6 fully saturated rings. The summed E-state index contributed by atoms with van der Waals surface area (Å²) < 4.78 is 80.8. The van der Waals surface area contributed by atoms with Crippen LogP contribution >= 0.6 is 0 Å². The van der Waals surface area contributed by atoms with Crippen LogP contribution in [-0.2, 0) is 28.8 Å². The summed E-state index contributed by atoms with van der Waals surface area (Å²) in [6.45, 7) is 23.8. The molecule has 6 atom stereocenters. The van der Waals surface area contributed by atoms with E-state index in [0.717, 1.165) is 0 Å². The van der Waals surface area contributed by atoms with E-state index >= 15 is 0 Å².